The van der Waals surface area contributed by atoms with Crippen molar-refractivity contribution in [1.29, 1.82) is 0 Å². The van der Waals surface area contributed by atoms with Crippen LogP contribution in [-0.4, -0.2) is 31.6 Å². The molecule has 0 aromatic heterocycles. The van der Waals surface area contributed by atoms with Gasteiger partial charge in [-0.1, -0.05) is 36.4 Å². The molecule has 0 N–H and O–H groups in total. The normalized spacial score (nSPS) is 16.6. The third-order valence-electron chi connectivity index (χ3n) is 4.31. The lowest BCUT2D eigenvalue weighted by atomic mass is 10.0. The van der Waals surface area contributed by atoms with Crippen LogP contribution >= 0.6 is 11.6 Å². The molecule has 2 aromatic rings. The maximum absolute atomic E-state index is 6.57. The number of hydrogen-bond donors (Lipinski definition) is 0. The first-order valence-corrected chi connectivity index (χ1v) is 8.31. The van der Waals surface area contributed by atoms with Gasteiger partial charge in [0.15, 0.2) is 0 Å². The van der Waals surface area contributed by atoms with Gasteiger partial charge in [-0.2, -0.15) is 0 Å². The Labute approximate surface area is 137 Å². The van der Waals surface area contributed by atoms with Gasteiger partial charge in [-0.25, -0.2) is 0 Å². The molecule has 3 heteroatoms. The van der Waals surface area contributed by atoms with Crippen molar-refractivity contribution in [3.63, 3.8) is 0 Å². The van der Waals surface area contributed by atoms with E-state index in [1.165, 1.54) is 42.6 Å². The Kier molecular flexibility index (Phi) is 5.01. The molecule has 1 aliphatic heterocycles. The molecule has 1 unspecified atom stereocenters. The zero-order chi connectivity index (χ0) is 15.4. The van der Waals surface area contributed by atoms with Crippen LogP contribution in [0, 0.1) is 0 Å². The van der Waals surface area contributed by atoms with Gasteiger partial charge in [0.1, 0.15) is 5.75 Å². The van der Waals surface area contributed by atoms with E-state index in [1.807, 2.05) is 12.1 Å². The van der Waals surface area contributed by atoms with E-state index in [9.17, 15) is 0 Å². The zero-order valence-corrected chi connectivity index (χ0v) is 13.7. The van der Waals surface area contributed by atoms with E-state index in [1.54, 1.807) is 7.11 Å². The van der Waals surface area contributed by atoms with Crippen LogP contribution in [0.2, 0.25) is 0 Å². The van der Waals surface area contributed by atoms with Gasteiger partial charge < -0.3 is 9.64 Å². The molecular weight excluding hydrogens is 294 g/mol. The largest absolute Gasteiger partial charge is 0.497 e. The molecule has 2 aromatic carbocycles. The zero-order valence-electron chi connectivity index (χ0n) is 13.0. The Morgan fingerprint density at radius 3 is 2.05 bits per heavy atom. The van der Waals surface area contributed by atoms with Crippen molar-refractivity contribution in [2.75, 3.05) is 26.7 Å². The van der Waals surface area contributed by atoms with Gasteiger partial charge in [0, 0.05) is 6.54 Å². The molecule has 1 atom stereocenters. The minimum Gasteiger partial charge on any atom is -0.497 e. The number of alkyl halides is 1. The van der Waals surface area contributed by atoms with Crippen molar-refractivity contribution in [3.8, 4) is 16.9 Å². The number of methoxy groups -OCH3 is 1. The predicted octanol–water partition coefficient (Wildman–Crippen LogP) is 4.74. The minimum absolute atomic E-state index is 0.0722. The number of benzene rings is 2. The molecule has 116 valence electrons. The molecule has 2 nitrogen and oxygen atoms in total. The fourth-order valence-electron chi connectivity index (χ4n) is 2.97. The number of ether oxygens (including phenoxy) is 1. The summed E-state index contributed by atoms with van der Waals surface area (Å²) in [4.78, 5) is 2.45. The van der Waals surface area contributed by atoms with Gasteiger partial charge >= 0.3 is 0 Å². The maximum Gasteiger partial charge on any atom is 0.118 e. The number of rotatable bonds is 5. The molecular formula is C19H22ClNO. The standard InChI is InChI=1S/C19H22ClNO/c1-22-18-10-8-16(9-11-18)15-4-6-17(7-5-15)19(20)14-21-12-2-3-13-21/h4-11,19H,2-3,12-14H2,1H3. The van der Waals surface area contributed by atoms with Crippen molar-refractivity contribution in [3.05, 3.63) is 54.1 Å². The Balaban J connectivity index is 1.68. The first kappa shape index (κ1) is 15.4. The summed E-state index contributed by atoms with van der Waals surface area (Å²) in [7, 11) is 1.69. The number of nitrogens with zero attached hydrogens (tertiary/aromatic N) is 1. The monoisotopic (exact) mass is 315 g/mol. The van der Waals surface area contributed by atoms with E-state index in [0.717, 1.165) is 12.3 Å². The molecule has 1 saturated heterocycles. The summed E-state index contributed by atoms with van der Waals surface area (Å²) in [5.74, 6) is 0.881. The van der Waals surface area contributed by atoms with Gasteiger partial charge in [0.05, 0.1) is 12.5 Å². The topological polar surface area (TPSA) is 12.5 Å². The fraction of sp³-hybridized carbons (Fsp3) is 0.368. The van der Waals surface area contributed by atoms with Gasteiger partial charge in [-0.05, 0) is 54.8 Å². The number of hydrogen-bond acceptors (Lipinski definition) is 2. The van der Waals surface area contributed by atoms with Crippen LogP contribution in [-0.2, 0) is 0 Å². The predicted molar refractivity (Wildman–Crippen MR) is 92.7 cm³/mol. The highest BCUT2D eigenvalue weighted by molar-refractivity contribution is 6.21. The summed E-state index contributed by atoms with van der Waals surface area (Å²) >= 11 is 6.57. The highest BCUT2D eigenvalue weighted by Gasteiger charge is 2.17. The average Bonchev–Trinajstić information content (AvgIpc) is 3.08. The summed E-state index contributed by atoms with van der Waals surface area (Å²) in [5, 5.41) is 0.0722. The smallest absolute Gasteiger partial charge is 0.118 e. The molecule has 0 bridgehead atoms. The Hall–Kier alpha value is -1.51. The first-order valence-electron chi connectivity index (χ1n) is 7.87. The van der Waals surface area contributed by atoms with E-state index in [2.05, 4.69) is 41.3 Å². The molecule has 1 aliphatic rings. The fourth-order valence-corrected chi connectivity index (χ4v) is 3.31. The van der Waals surface area contributed by atoms with Crippen molar-refractivity contribution < 1.29 is 4.74 Å². The van der Waals surface area contributed by atoms with E-state index >= 15 is 0 Å². The van der Waals surface area contributed by atoms with Crippen LogP contribution < -0.4 is 4.74 Å². The Morgan fingerprint density at radius 1 is 0.955 bits per heavy atom. The van der Waals surface area contributed by atoms with Crippen LogP contribution in [0.5, 0.6) is 5.75 Å². The van der Waals surface area contributed by atoms with Gasteiger partial charge in [0.25, 0.3) is 0 Å². The van der Waals surface area contributed by atoms with Crippen LogP contribution in [0.15, 0.2) is 48.5 Å². The molecule has 22 heavy (non-hydrogen) atoms. The average molecular weight is 316 g/mol. The summed E-state index contributed by atoms with van der Waals surface area (Å²) < 4.78 is 5.20. The van der Waals surface area contributed by atoms with Crippen LogP contribution in [0.3, 0.4) is 0 Å². The van der Waals surface area contributed by atoms with Gasteiger partial charge in [-0.15, -0.1) is 11.6 Å². The molecule has 0 saturated carbocycles. The van der Waals surface area contributed by atoms with E-state index in [4.69, 9.17) is 16.3 Å². The second kappa shape index (κ2) is 7.17. The van der Waals surface area contributed by atoms with E-state index in [0.29, 0.717) is 0 Å². The lowest BCUT2D eigenvalue weighted by Gasteiger charge is -2.19. The third-order valence-corrected chi connectivity index (χ3v) is 4.70. The summed E-state index contributed by atoms with van der Waals surface area (Å²) in [6, 6.07) is 16.7. The number of likely N-dealkylation sites (tertiary alicyclic amines) is 1. The minimum atomic E-state index is 0.0722. The quantitative estimate of drug-likeness (QED) is 0.739. The molecule has 3 rings (SSSR count). The van der Waals surface area contributed by atoms with E-state index in [-0.39, 0.29) is 5.38 Å². The van der Waals surface area contributed by atoms with Crippen molar-refractivity contribution in [1.82, 2.24) is 4.90 Å². The second-order valence-corrected chi connectivity index (χ2v) is 6.35. The molecule has 0 radical (unpaired) electrons. The van der Waals surface area contributed by atoms with Crippen LogP contribution in [0.4, 0.5) is 0 Å². The maximum atomic E-state index is 6.57. The Morgan fingerprint density at radius 2 is 1.50 bits per heavy atom. The Bertz CT molecular complexity index is 588. The van der Waals surface area contributed by atoms with Crippen LogP contribution in [0.25, 0.3) is 11.1 Å². The van der Waals surface area contributed by atoms with Gasteiger partial charge in [-0.3, -0.25) is 0 Å². The van der Waals surface area contributed by atoms with Crippen molar-refractivity contribution in [2.45, 2.75) is 18.2 Å². The molecule has 0 spiro atoms. The molecule has 0 aliphatic carbocycles. The molecule has 1 heterocycles. The summed E-state index contributed by atoms with van der Waals surface area (Å²) in [5.41, 5.74) is 3.60. The molecule has 1 fully saturated rings. The second-order valence-electron chi connectivity index (χ2n) is 5.83. The summed E-state index contributed by atoms with van der Waals surface area (Å²) in [6.45, 7) is 3.32. The lowest BCUT2D eigenvalue weighted by Crippen LogP contribution is -2.23. The third kappa shape index (κ3) is 3.63. The summed E-state index contributed by atoms with van der Waals surface area (Å²) in [6.07, 6.45) is 2.61. The van der Waals surface area contributed by atoms with Gasteiger partial charge in [0.2, 0.25) is 0 Å². The SMILES string of the molecule is COc1ccc(-c2ccc(C(Cl)CN3CCCC3)cc2)cc1. The van der Waals surface area contributed by atoms with Crippen molar-refractivity contribution in [2.24, 2.45) is 0 Å². The van der Waals surface area contributed by atoms with E-state index < -0.39 is 0 Å². The first-order chi connectivity index (χ1) is 10.8. The number of halogens is 1. The van der Waals surface area contributed by atoms with Crippen molar-refractivity contribution >= 4 is 11.6 Å². The highest BCUT2D eigenvalue weighted by Crippen LogP contribution is 2.27. The highest BCUT2D eigenvalue weighted by atomic mass is 35.5. The lowest BCUT2D eigenvalue weighted by molar-refractivity contribution is 0.339. The van der Waals surface area contributed by atoms with Crippen LogP contribution in [0.1, 0.15) is 23.8 Å². The molecule has 0 amide bonds.